The van der Waals surface area contributed by atoms with Gasteiger partial charge < -0.3 is 9.47 Å². The van der Waals surface area contributed by atoms with E-state index in [2.05, 4.69) is 10.3 Å². The lowest BCUT2D eigenvalue weighted by Gasteiger charge is -2.12. The van der Waals surface area contributed by atoms with Gasteiger partial charge in [0.2, 0.25) is 0 Å². The van der Waals surface area contributed by atoms with Crippen LogP contribution in [0, 0.1) is 6.92 Å². The van der Waals surface area contributed by atoms with E-state index in [9.17, 15) is 4.79 Å². The molecule has 1 N–H and O–H groups in total. The van der Waals surface area contributed by atoms with Gasteiger partial charge in [0.25, 0.3) is 5.91 Å². The molecule has 0 bridgehead atoms. The Morgan fingerprint density at radius 1 is 1.55 bits per heavy atom. The number of nitrogens with zero attached hydrogens (tertiary/aromatic N) is 1. The summed E-state index contributed by atoms with van der Waals surface area (Å²) in [6.45, 7) is 3.29. The maximum Gasteiger partial charge on any atom is 0.257 e. The average molecular weight is 318 g/mol. The molecule has 116 valence electrons. The van der Waals surface area contributed by atoms with Gasteiger partial charge in [-0.3, -0.25) is 10.1 Å². The minimum atomic E-state index is -0.183. The maximum atomic E-state index is 12.2. The van der Waals surface area contributed by atoms with Crippen LogP contribution >= 0.6 is 11.3 Å². The van der Waals surface area contributed by atoms with Crippen LogP contribution < -0.4 is 10.1 Å². The number of carbonyl (C=O) groups is 1. The second-order valence-corrected chi connectivity index (χ2v) is 6.44. The lowest BCUT2D eigenvalue weighted by atomic mass is 10.2. The molecule has 3 rings (SSSR count). The monoisotopic (exact) mass is 318 g/mol. The number of anilines is 1. The molecule has 1 fully saturated rings. The molecule has 1 aliphatic heterocycles. The Balaban J connectivity index is 1.61. The van der Waals surface area contributed by atoms with E-state index in [1.165, 1.54) is 11.3 Å². The third-order valence-corrected chi connectivity index (χ3v) is 4.23. The van der Waals surface area contributed by atoms with E-state index in [0.717, 1.165) is 24.3 Å². The van der Waals surface area contributed by atoms with E-state index in [0.29, 0.717) is 23.1 Å². The van der Waals surface area contributed by atoms with Gasteiger partial charge in [0.1, 0.15) is 12.4 Å². The summed E-state index contributed by atoms with van der Waals surface area (Å²) in [5.41, 5.74) is 0.553. The smallest absolute Gasteiger partial charge is 0.257 e. The molecule has 1 atom stereocenters. The maximum absolute atomic E-state index is 12.2. The van der Waals surface area contributed by atoms with Gasteiger partial charge in [-0.15, -0.1) is 11.3 Å². The number of hydrogen-bond donors (Lipinski definition) is 1. The van der Waals surface area contributed by atoms with Gasteiger partial charge in [-0.05, 0) is 38.0 Å². The molecule has 5 nitrogen and oxygen atoms in total. The molecular weight excluding hydrogens is 300 g/mol. The predicted molar refractivity (Wildman–Crippen MR) is 85.7 cm³/mol. The molecule has 1 aromatic heterocycles. The van der Waals surface area contributed by atoms with E-state index in [1.807, 2.05) is 19.1 Å². The van der Waals surface area contributed by atoms with Gasteiger partial charge in [0, 0.05) is 23.2 Å². The third-order valence-electron chi connectivity index (χ3n) is 3.40. The van der Waals surface area contributed by atoms with Crippen molar-refractivity contribution in [3.8, 4) is 5.75 Å². The lowest BCUT2D eigenvalue weighted by Crippen LogP contribution is -2.16. The Hall–Kier alpha value is -1.92. The summed E-state index contributed by atoms with van der Waals surface area (Å²) in [7, 11) is 0. The fraction of sp³-hybridized carbons (Fsp3) is 0.375. The Kier molecular flexibility index (Phi) is 4.70. The van der Waals surface area contributed by atoms with E-state index in [1.54, 1.807) is 18.3 Å². The minimum Gasteiger partial charge on any atom is -0.491 e. The molecule has 1 aromatic carbocycles. The number of hydrogen-bond acceptors (Lipinski definition) is 5. The fourth-order valence-electron chi connectivity index (χ4n) is 2.27. The van der Waals surface area contributed by atoms with Crippen molar-refractivity contribution in [3.63, 3.8) is 0 Å². The van der Waals surface area contributed by atoms with Gasteiger partial charge in [-0.1, -0.05) is 6.07 Å². The molecule has 2 heterocycles. The zero-order valence-corrected chi connectivity index (χ0v) is 13.2. The summed E-state index contributed by atoms with van der Waals surface area (Å²) in [4.78, 5) is 17.4. The minimum absolute atomic E-state index is 0.163. The molecule has 1 saturated heterocycles. The number of benzene rings is 1. The average Bonchev–Trinajstić information content (AvgIpc) is 3.17. The molecule has 22 heavy (non-hydrogen) atoms. The first-order valence-corrected chi connectivity index (χ1v) is 8.10. The summed E-state index contributed by atoms with van der Waals surface area (Å²) in [6, 6.07) is 7.16. The molecule has 0 aliphatic carbocycles. The van der Waals surface area contributed by atoms with Gasteiger partial charge in [0.15, 0.2) is 5.13 Å². The molecule has 1 aliphatic rings. The topological polar surface area (TPSA) is 60.5 Å². The molecular formula is C16H18N2O3S. The first-order chi connectivity index (χ1) is 10.7. The summed E-state index contributed by atoms with van der Waals surface area (Å²) in [5.74, 6) is 0.496. The number of ether oxygens (including phenoxy) is 2. The number of nitrogens with one attached hydrogen (secondary N) is 1. The Labute approximate surface area is 133 Å². The Morgan fingerprint density at radius 2 is 2.45 bits per heavy atom. The second-order valence-electron chi connectivity index (χ2n) is 5.20. The fourth-order valence-corrected chi connectivity index (χ4v) is 2.93. The van der Waals surface area contributed by atoms with Gasteiger partial charge in [-0.25, -0.2) is 4.98 Å². The van der Waals surface area contributed by atoms with Crippen molar-refractivity contribution < 1.29 is 14.3 Å². The van der Waals surface area contributed by atoms with Crippen LogP contribution in [0.4, 0.5) is 5.13 Å². The normalized spacial score (nSPS) is 17.4. The Bertz CT molecular complexity index is 650. The quantitative estimate of drug-likeness (QED) is 0.919. The molecule has 0 unspecified atom stereocenters. The first kappa shape index (κ1) is 15.0. The number of carbonyl (C=O) groups excluding carboxylic acids is 1. The first-order valence-electron chi connectivity index (χ1n) is 7.29. The van der Waals surface area contributed by atoms with Crippen molar-refractivity contribution in [3.05, 3.63) is 40.9 Å². The van der Waals surface area contributed by atoms with E-state index < -0.39 is 0 Å². The molecule has 6 heteroatoms. The number of rotatable bonds is 5. The molecule has 0 radical (unpaired) electrons. The number of aryl methyl sites for hydroxylation is 1. The molecule has 0 saturated carbocycles. The van der Waals surface area contributed by atoms with Crippen LogP contribution in [0.15, 0.2) is 30.5 Å². The summed E-state index contributed by atoms with van der Waals surface area (Å²) >= 11 is 1.45. The van der Waals surface area contributed by atoms with Crippen LogP contribution in [0.1, 0.15) is 28.1 Å². The van der Waals surface area contributed by atoms with Crippen LogP contribution in [-0.2, 0) is 4.74 Å². The van der Waals surface area contributed by atoms with Crippen molar-refractivity contribution >= 4 is 22.4 Å². The molecule has 1 amide bonds. The lowest BCUT2D eigenvalue weighted by molar-refractivity contribution is 0.0679. The van der Waals surface area contributed by atoms with Crippen molar-refractivity contribution in [2.45, 2.75) is 25.9 Å². The Morgan fingerprint density at radius 3 is 3.18 bits per heavy atom. The van der Waals surface area contributed by atoms with Gasteiger partial charge >= 0.3 is 0 Å². The highest BCUT2D eigenvalue weighted by molar-refractivity contribution is 7.15. The largest absolute Gasteiger partial charge is 0.491 e. The summed E-state index contributed by atoms with van der Waals surface area (Å²) < 4.78 is 11.2. The van der Waals surface area contributed by atoms with Crippen LogP contribution in [0.5, 0.6) is 5.75 Å². The standard InChI is InChI=1S/C16H18N2O3S/c1-11-9-17-16(22-11)18-15(19)12-4-2-5-13(8-12)21-10-14-6-3-7-20-14/h2,4-5,8-9,14H,3,6-7,10H2,1H3,(H,17,18,19)/t14-/m0/s1. The van der Waals surface area contributed by atoms with E-state index >= 15 is 0 Å². The predicted octanol–water partition coefficient (Wildman–Crippen LogP) is 3.26. The highest BCUT2D eigenvalue weighted by atomic mass is 32.1. The molecule has 2 aromatic rings. The van der Waals surface area contributed by atoms with Gasteiger partial charge in [0.05, 0.1) is 6.10 Å². The number of amides is 1. The number of thiazole rings is 1. The highest BCUT2D eigenvalue weighted by Crippen LogP contribution is 2.20. The van der Waals surface area contributed by atoms with Crippen molar-refractivity contribution in [2.24, 2.45) is 0 Å². The number of aromatic nitrogens is 1. The van der Waals surface area contributed by atoms with Crippen LogP contribution in [-0.4, -0.2) is 30.2 Å². The van der Waals surface area contributed by atoms with Crippen molar-refractivity contribution in [1.82, 2.24) is 4.98 Å². The third kappa shape index (κ3) is 3.84. The van der Waals surface area contributed by atoms with Crippen molar-refractivity contribution in [1.29, 1.82) is 0 Å². The highest BCUT2D eigenvalue weighted by Gasteiger charge is 2.16. The van der Waals surface area contributed by atoms with Crippen molar-refractivity contribution in [2.75, 3.05) is 18.5 Å². The van der Waals surface area contributed by atoms with Crippen LogP contribution in [0.3, 0.4) is 0 Å². The summed E-state index contributed by atoms with van der Waals surface area (Å²) in [5, 5.41) is 3.40. The van der Waals surface area contributed by atoms with E-state index in [-0.39, 0.29) is 12.0 Å². The molecule has 0 spiro atoms. The van der Waals surface area contributed by atoms with Crippen LogP contribution in [0.25, 0.3) is 0 Å². The second kappa shape index (κ2) is 6.89. The van der Waals surface area contributed by atoms with E-state index in [4.69, 9.17) is 9.47 Å². The van der Waals surface area contributed by atoms with Crippen LogP contribution in [0.2, 0.25) is 0 Å². The zero-order chi connectivity index (χ0) is 15.4. The SMILES string of the molecule is Cc1cnc(NC(=O)c2cccc(OC[C@@H]3CCCO3)c2)s1. The zero-order valence-electron chi connectivity index (χ0n) is 12.4. The summed E-state index contributed by atoms with van der Waals surface area (Å²) in [6.07, 6.45) is 4.02. The van der Waals surface area contributed by atoms with Gasteiger partial charge in [-0.2, -0.15) is 0 Å².